The van der Waals surface area contributed by atoms with Gasteiger partial charge >= 0.3 is 0 Å². The van der Waals surface area contributed by atoms with E-state index in [9.17, 15) is 13.2 Å². The molecule has 144 valence electrons. The van der Waals surface area contributed by atoms with Gasteiger partial charge in [0.25, 0.3) is 15.9 Å². The summed E-state index contributed by atoms with van der Waals surface area (Å²) in [4.78, 5) is 19.9. The van der Waals surface area contributed by atoms with Crippen LogP contribution in [0, 0.1) is 0 Å². The van der Waals surface area contributed by atoms with Crippen LogP contribution in [0.15, 0.2) is 65.8 Å². The lowest BCUT2D eigenvalue weighted by Gasteiger charge is -2.09. The van der Waals surface area contributed by atoms with E-state index < -0.39 is 10.0 Å². The van der Waals surface area contributed by atoms with Crippen LogP contribution in [0.25, 0.3) is 0 Å². The number of hydrogen-bond acceptors (Lipinski definition) is 6. The van der Waals surface area contributed by atoms with Crippen molar-refractivity contribution < 1.29 is 17.9 Å². The molecule has 28 heavy (non-hydrogen) atoms. The molecule has 0 atom stereocenters. The second-order valence-corrected chi connectivity index (χ2v) is 7.66. The number of nitrogens with zero attached hydrogens (tertiary/aromatic N) is 2. The summed E-state index contributed by atoms with van der Waals surface area (Å²) in [6.07, 6.45) is 1.19. The molecule has 3 aromatic rings. The normalized spacial score (nSPS) is 10.9. The molecule has 1 amide bonds. The van der Waals surface area contributed by atoms with E-state index in [4.69, 9.17) is 16.3 Å². The Balaban J connectivity index is 1.73. The van der Waals surface area contributed by atoms with Crippen LogP contribution in [0.2, 0.25) is 5.02 Å². The highest BCUT2D eigenvalue weighted by Crippen LogP contribution is 2.19. The highest BCUT2D eigenvalue weighted by molar-refractivity contribution is 7.92. The fourth-order valence-electron chi connectivity index (χ4n) is 2.25. The topological polar surface area (TPSA) is 110 Å². The lowest BCUT2D eigenvalue weighted by molar-refractivity contribution is 0.102. The fourth-order valence-corrected chi connectivity index (χ4v) is 3.44. The average molecular weight is 419 g/mol. The first-order chi connectivity index (χ1) is 13.4. The zero-order valence-corrected chi connectivity index (χ0v) is 16.2. The number of carbonyl (C=O) groups excluding carboxylic acids is 1. The largest absolute Gasteiger partial charge is 0.481 e. The number of rotatable bonds is 6. The highest BCUT2D eigenvalue weighted by Gasteiger charge is 2.16. The van der Waals surface area contributed by atoms with Crippen LogP contribution < -0.4 is 14.8 Å². The van der Waals surface area contributed by atoms with Gasteiger partial charge in [0.15, 0.2) is 0 Å². The highest BCUT2D eigenvalue weighted by atomic mass is 35.5. The van der Waals surface area contributed by atoms with Gasteiger partial charge in [0.1, 0.15) is 12.1 Å². The Morgan fingerprint density at radius 1 is 1.07 bits per heavy atom. The number of amides is 1. The molecule has 2 N–H and O–H groups in total. The fraction of sp³-hybridized carbons (Fsp3) is 0.0556. The number of carbonyl (C=O) groups is 1. The van der Waals surface area contributed by atoms with E-state index in [2.05, 4.69) is 20.0 Å². The second kappa shape index (κ2) is 8.24. The van der Waals surface area contributed by atoms with E-state index in [1.807, 2.05) is 0 Å². The van der Waals surface area contributed by atoms with Gasteiger partial charge in [-0.3, -0.25) is 9.52 Å². The standard InChI is InChI=1S/C18H15ClN4O4S/c1-27-17-10-16(20-11-21-17)23-28(25,26)15-7-5-14(6-8-15)22-18(24)12-3-2-4-13(19)9-12/h2-11H,1H3,(H,22,24)(H,20,21,23). The third kappa shape index (κ3) is 4.76. The molecular formula is C18H15ClN4O4S. The number of aromatic nitrogens is 2. The molecule has 1 heterocycles. The minimum Gasteiger partial charge on any atom is -0.481 e. The number of sulfonamides is 1. The lowest BCUT2D eigenvalue weighted by atomic mass is 10.2. The van der Waals surface area contributed by atoms with E-state index in [1.165, 1.54) is 49.8 Å². The first-order valence-electron chi connectivity index (χ1n) is 7.93. The van der Waals surface area contributed by atoms with Crippen molar-refractivity contribution in [3.63, 3.8) is 0 Å². The number of hydrogen-bond donors (Lipinski definition) is 2. The van der Waals surface area contributed by atoms with Crippen LogP contribution in [0.4, 0.5) is 11.5 Å². The molecule has 0 unspecified atom stereocenters. The smallest absolute Gasteiger partial charge is 0.263 e. The van der Waals surface area contributed by atoms with Crippen LogP contribution in [0.3, 0.4) is 0 Å². The van der Waals surface area contributed by atoms with E-state index in [1.54, 1.807) is 18.2 Å². The molecule has 0 fully saturated rings. The summed E-state index contributed by atoms with van der Waals surface area (Å²) in [5.74, 6) is -0.0544. The Bertz CT molecular complexity index is 1100. The lowest BCUT2D eigenvalue weighted by Crippen LogP contribution is -2.15. The summed E-state index contributed by atoms with van der Waals surface area (Å²) < 4.78 is 32.2. The van der Waals surface area contributed by atoms with Crippen molar-refractivity contribution >= 4 is 39.0 Å². The van der Waals surface area contributed by atoms with Gasteiger partial charge in [-0.2, -0.15) is 0 Å². The Hall–Kier alpha value is -3.17. The van der Waals surface area contributed by atoms with Crippen LogP contribution >= 0.6 is 11.6 Å². The minimum atomic E-state index is -3.87. The summed E-state index contributed by atoms with van der Waals surface area (Å²) in [5.41, 5.74) is 0.830. The molecule has 0 aliphatic heterocycles. The molecule has 0 bridgehead atoms. The number of halogens is 1. The van der Waals surface area contributed by atoms with E-state index in [-0.39, 0.29) is 22.5 Å². The minimum absolute atomic E-state index is 0.00540. The van der Waals surface area contributed by atoms with E-state index >= 15 is 0 Å². The molecule has 2 aromatic carbocycles. The van der Waals surface area contributed by atoms with Crippen molar-refractivity contribution in [1.82, 2.24) is 9.97 Å². The number of benzene rings is 2. The average Bonchev–Trinajstić information content (AvgIpc) is 2.68. The molecular weight excluding hydrogens is 404 g/mol. The maximum Gasteiger partial charge on any atom is 0.263 e. The Kier molecular flexibility index (Phi) is 5.76. The van der Waals surface area contributed by atoms with Gasteiger partial charge in [-0.25, -0.2) is 18.4 Å². The summed E-state index contributed by atoms with van der Waals surface area (Å²) in [5, 5.41) is 3.12. The third-order valence-corrected chi connectivity index (χ3v) is 5.21. The van der Waals surface area contributed by atoms with Crippen LogP contribution in [-0.2, 0) is 10.0 Å². The van der Waals surface area contributed by atoms with Gasteiger partial charge < -0.3 is 10.1 Å². The summed E-state index contributed by atoms with van der Waals surface area (Å²) in [7, 11) is -2.45. The number of ether oxygens (including phenoxy) is 1. The van der Waals surface area contributed by atoms with E-state index in [0.29, 0.717) is 16.3 Å². The second-order valence-electron chi connectivity index (χ2n) is 5.54. The van der Waals surface area contributed by atoms with Crippen molar-refractivity contribution in [3.05, 3.63) is 71.5 Å². The van der Waals surface area contributed by atoms with Crippen molar-refractivity contribution in [2.75, 3.05) is 17.1 Å². The number of anilines is 2. The SMILES string of the molecule is COc1cc(NS(=O)(=O)c2ccc(NC(=O)c3cccc(Cl)c3)cc2)ncn1. The first kappa shape index (κ1) is 19.6. The molecule has 0 aliphatic carbocycles. The summed E-state index contributed by atoms with van der Waals surface area (Å²) in [6.45, 7) is 0. The Morgan fingerprint density at radius 2 is 1.82 bits per heavy atom. The molecule has 0 radical (unpaired) electrons. The van der Waals surface area contributed by atoms with Crippen LogP contribution in [0.5, 0.6) is 5.88 Å². The van der Waals surface area contributed by atoms with Gasteiger partial charge in [0.2, 0.25) is 5.88 Å². The van der Waals surface area contributed by atoms with Gasteiger partial charge in [-0.05, 0) is 42.5 Å². The van der Waals surface area contributed by atoms with Gasteiger partial charge in [0, 0.05) is 22.3 Å². The molecule has 0 aliphatic rings. The van der Waals surface area contributed by atoms with Gasteiger partial charge in [-0.1, -0.05) is 17.7 Å². The zero-order valence-electron chi connectivity index (χ0n) is 14.6. The maximum atomic E-state index is 12.5. The number of nitrogens with one attached hydrogen (secondary N) is 2. The molecule has 10 heteroatoms. The summed E-state index contributed by atoms with van der Waals surface area (Å²) in [6, 6.07) is 13.6. The quantitative estimate of drug-likeness (QED) is 0.636. The number of methoxy groups -OCH3 is 1. The molecule has 1 aromatic heterocycles. The molecule has 0 spiro atoms. The monoisotopic (exact) mass is 418 g/mol. The summed E-state index contributed by atoms with van der Waals surface area (Å²) >= 11 is 5.88. The van der Waals surface area contributed by atoms with Crippen molar-refractivity contribution in [2.24, 2.45) is 0 Å². The van der Waals surface area contributed by atoms with Gasteiger partial charge in [-0.15, -0.1) is 0 Å². The Labute approximate surface area is 166 Å². The molecule has 8 nitrogen and oxygen atoms in total. The van der Waals surface area contributed by atoms with Crippen molar-refractivity contribution in [2.45, 2.75) is 4.90 Å². The molecule has 3 rings (SSSR count). The van der Waals surface area contributed by atoms with Crippen LogP contribution in [-0.4, -0.2) is 31.4 Å². The van der Waals surface area contributed by atoms with Gasteiger partial charge in [0.05, 0.1) is 12.0 Å². The first-order valence-corrected chi connectivity index (χ1v) is 9.79. The van der Waals surface area contributed by atoms with E-state index in [0.717, 1.165) is 0 Å². The Morgan fingerprint density at radius 3 is 2.50 bits per heavy atom. The predicted octanol–water partition coefficient (Wildman–Crippen LogP) is 3.19. The predicted molar refractivity (Wildman–Crippen MR) is 105 cm³/mol. The molecule has 0 saturated carbocycles. The molecule has 0 saturated heterocycles. The van der Waals surface area contributed by atoms with Crippen molar-refractivity contribution in [1.29, 1.82) is 0 Å². The third-order valence-electron chi connectivity index (χ3n) is 3.60. The maximum absolute atomic E-state index is 12.5. The van der Waals surface area contributed by atoms with Crippen LogP contribution in [0.1, 0.15) is 10.4 Å². The van der Waals surface area contributed by atoms with Crippen molar-refractivity contribution in [3.8, 4) is 5.88 Å². The zero-order chi connectivity index (χ0) is 20.1.